The molecule has 0 aliphatic rings. The summed E-state index contributed by atoms with van der Waals surface area (Å²) < 4.78 is 15.8. The molecule has 41 heavy (non-hydrogen) atoms. The number of rotatable bonds is 30. The van der Waals surface area contributed by atoms with Gasteiger partial charge in [0.15, 0.2) is 0 Å². The zero-order valence-electron chi connectivity index (χ0n) is 27.5. The third kappa shape index (κ3) is 28.7. The summed E-state index contributed by atoms with van der Waals surface area (Å²) in [5.41, 5.74) is 0. The van der Waals surface area contributed by atoms with E-state index in [0.29, 0.717) is 19.8 Å². The number of esters is 3. The van der Waals surface area contributed by atoms with Crippen LogP contribution in [-0.2, 0) is 28.6 Å². The molecule has 0 N–H and O–H groups in total. The molecule has 0 aliphatic carbocycles. The van der Waals surface area contributed by atoms with Crippen LogP contribution in [0.5, 0.6) is 0 Å². The molecule has 0 aliphatic heterocycles. The van der Waals surface area contributed by atoms with Gasteiger partial charge in [0.1, 0.15) is 0 Å². The van der Waals surface area contributed by atoms with Crippen LogP contribution in [0, 0.1) is 0 Å². The number of carbonyl (C=O) groups excluding carboxylic acids is 3. The van der Waals surface area contributed by atoms with E-state index in [4.69, 9.17) is 14.2 Å². The molecule has 0 bridgehead atoms. The normalized spacial score (nSPS) is 11.8. The molecule has 0 spiro atoms. The second kappa shape index (κ2) is 28.9. The van der Waals surface area contributed by atoms with Crippen LogP contribution in [0.25, 0.3) is 0 Å². The number of carbonyl (C=O) groups is 3. The van der Waals surface area contributed by atoms with Crippen molar-refractivity contribution in [2.45, 2.75) is 156 Å². The molecule has 0 amide bonds. The van der Waals surface area contributed by atoms with Gasteiger partial charge in [-0.05, 0) is 0 Å². The maximum absolute atomic E-state index is 11.3. The third-order valence-electron chi connectivity index (χ3n) is 8.37. The Hall–Kier alpha value is -1.16. The molecule has 0 aromatic carbocycles. The Kier molecular flexibility index (Phi) is 28.1. The van der Waals surface area contributed by atoms with Crippen LogP contribution >= 0.6 is 7.26 Å². The van der Waals surface area contributed by atoms with Gasteiger partial charge in [0.05, 0.1) is 0 Å². The summed E-state index contributed by atoms with van der Waals surface area (Å²) in [6.07, 6.45) is 30.9. The molecule has 0 radical (unpaired) electrons. The van der Waals surface area contributed by atoms with Crippen LogP contribution < -0.4 is 0 Å². The zero-order valence-corrected chi connectivity index (χ0v) is 28.5. The summed E-state index contributed by atoms with van der Waals surface area (Å²) in [7, 11) is -1.94. The van der Waals surface area contributed by atoms with E-state index < -0.39 is 7.26 Å². The Morgan fingerprint density at radius 3 is 0.878 bits per heavy atom. The Morgan fingerprint density at radius 1 is 0.390 bits per heavy atom. The Bertz CT molecular complexity index is 588. The van der Waals surface area contributed by atoms with Gasteiger partial charge < -0.3 is 0 Å². The first-order chi connectivity index (χ1) is 19.8. The van der Waals surface area contributed by atoms with Gasteiger partial charge in [-0.3, -0.25) is 0 Å². The molecule has 0 saturated heterocycles. The van der Waals surface area contributed by atoms with Crippen molar-refractivity contribution < 1.29 is 28.6 Å². The van der Waals surface area contributed by atoms with Crippen molar-refractivity contribution in [3.05, 3.63) is 0 Å². The van der Waals surface area contributed by atoms with Gasteiger partial charge >= 0.3 is 190 Å². The van der Waals surface area contributed by atoms with E-state index in [0.717, 1.165) is 31.1 Å². The Labute approximate surface area is 254 Å². The van der Waals surface area contributed by atoms with E-state index in [9.17, 15) is 14.4 Å². The number of unbranched alkanes of at least 4 members (excludes halogenated alkanes) is 19. The molecule has 0 fully saturated rings. The Morgan fingerprint density at radius 2 is 0.634 bits per heavy atom. The molecule has 7 heteroatoms. The second-order valence-corrected chi connectivity index (χ2v) is 17.2. The van der Waals surface area contributed by atoms with Crippen molar-refractivity contribution in [2.24, 2.45) is 0 Å². The van der Waals surface area contributed by atoms with Crippen LogP contribution in [0.1, 0.15) is 156 Å². The molecule has 0 rings (SSSR count). The van der Waals surface area contributed by atoms with E-state index in [1.807, 2.05) is 0 Å². The molecule has 0 aromatic heterocycles. The summed E-state index contributed by atoms with van der Waals surface area (Å²) >= 11 is 0. The van der Waals surface area contributed by atoms with Crippen molar-refractivity contribution in [1.82, 2.24) is 0 Å². The summed E-state index contributed by atoms with van der Waals surface area (Å²) in [6, 6.07) is 0. The number of hydrogen-bond donors (Lipinski definition) is 0. The van der Waals surface area contributed by atoms with Gasteiger partial charge in [-0.15, -0.1) is 0 Å². The summed E-state index contributed by atoms with van der Waals surface area (Å²) in [6.45, 7) is 7.74. The van der Waals surface area contributed by atoms with Crippen LogP contribution in [0.3, 0.4) is 0 Å². The fourth-order valence-corrected chi connectivity index (χ4v) is 9.84. The van der Waals surface area contributed by atoms with Crippen LogP contribution in [0.2, 0.25) is 0 Å². The van der Waals surface area contributed by atoms with Gasteiger partial charge in [0, 0.05) is 0 Å². The first kappa shape index (κ1) is 39.8. The summed E-state index contributed by atoms with van der Waals surface area (Å²) in [5.74, 6) is -0.815. The van der Waals surface area contributed by atoms with E-state index in [1.165, 1.54) is 143 Å². The second-order valence-electron chi connectivity index (χ2n) is 12.2. The van der Waals surface area contributed by atoms with Crippen LogP contribution in [-0.4, -0.2) is 62.4 Å². The fraction of sp³-hybridized carbons (Fsp3) is 0.912. The van der Waals surface area contributed by atoms with Crippen molar-refractivity contribution in [3.8, 4) is 0 Å². The van der Waals surface area contributed by atoms with Crippen molar-refractivity contribution in [1.29, 1.82) is 0 Å². The number of hydrogen-bond acceptors (Lipinski definition) is 6. The van der Waals surface area contributed by atoms with Crippen molar-refractivity contribution in [3.63, 3.8) is 0 Å². The molecule has 0 saturated carbocycles. The molecule has 0 aromatic rings. The predicted molar refractivity (Wildman–Crippen MR) is 176 cm³/mol. The van der Waals surface area contributed by atoms with E-state index in [1.54, 1.807) is 0 Å². The zero-order chi connectivity index (χ0) is 30.4. The fourth-order valence-electron chi connectivity index (χ4n) is 5.74. The molecular formula is C34H67O6P. The van der Waals surface area contributed by atoms with Crippen LogP contribution in [0.15, 0.2) is 0 Å². The van der Waals surface area contributed by atoms with E-state index in [-0.39, 0.29) is 17.9 Å². The quantitative estimate of drug-likeness (QED) is 0.0353. The molecular weight excluding hydrogens is 535 g/mol. The number of ether oxygens (including phenoxy) is 3. The van der Waals surface area contributed by atoms with E-state index >= 15 is 0 Å². The monoisotopic (exact) mass is 602 g/mol. The van der Waals surface area contributed by atoms with Crippen LogP contribution in [0.4, 0.5) is 0 Å². The molecule has 0 heterocycles. The molecule has 244 valence electrons. The average molecular weight is 603 g/mol. The predicted octanol–water partition coefficient (Wildman–Crippen LogP) is 9.25. The summed E-state index contributed by atoms with van der Waals surface area (Å²) in [5, 5.41) is 0. The topological polar surface area (TPSA) is 78.9 Å². The van der Waals surface area contributed by atoms with E-state index in [2.05, 4.69) is 6.92 Å². The maximum atomic E-state index is 11.3. The van der Waals surface area contributed by atoms with Crippen molar-refractivity contribution >= 4 is 25.2 Å². The first-order valence-corrected chi connectivity index (χ1v) is 20.0. The van der Waals surface area contributed by atoms with Gasteiger partial charge in [-0.2, -0.15) is 0 Å². The Balaban J connectivity index is 4.03. The first-order valence-electron chi connectivity index (χ1n) is 17.2. The van der Waals surface area contributed by atoms with Gasteiger partial charge in [-0.1, -0.05) is 64.7 Å². The average Bonchev–Trinajstić information content (AvgIpc) is 2.91. The molecule has 0 unspecified atom stereocenters. The van der Waals surface area contributed by atoms with Gasteiger partial charge in [-0.25, -0.2) is 0 Å². The SMILES string of the molecule is CCCCCCCCCCCCCCCCCCCCCC[PH](CCOC(C)=O)(CCOC(C)=O)CCOC(C)=O. The minimum absolute atomic E-state index is 0.272. The van der Waals surface area contributed by atoms with Gasteiger partial charge in [0.25, 0.3) is 0 Å². The summed E-state index contributed by atoms with van der Waals surface area (Å²) in [4.78, 5) is 34.0. The standard InChI is InChI=1S/C34H67O6P/c1-5-6-7-8-9-10-11-12-13-14-15-16-17-18-19-20-21-22-23-24-28-41(29-25-38-32(2)35,30-26-39-33(3)36)31-27-40-34(4)37/h41H,5-31H2,1-4H3. The third-order valence-corrected chi connectivity index (χ3v) is 13.6. The molecule has 6 nitrogen and oxygen atoms in total. The molecule has 0 atom stereocenters. The van der Waals surface area contributed by atoms with Gasteiger partial charge in [0.2, 0.25) is 0 Å². The van der Waals surface area contributed by atoms with Crippen molar-refractivity contribution in [2.75, 3.05) is 44.5 Å². The minimum atomic E-state index is -1.94.